The standard InChI is InChI=1S/C9H18N2O4S/c1-3-15-9(12)7-16(13,14)11-5-4-10-8(2)6-11/h8,10H,3-7H2,1-2H3/t8-/m1/s1. The first-order valence-corrected chi connectivity index (χ1v) is 6.93. The zero-order valence-electron chi connectivity index (χ0n) is 9.60. The van der Waals surface area contributed by atoms with E-state index in [-0.39, 0.29) is 12.6 Å². The summed E-state index contributed by atoms with van der Waals surface area (Å²) < 4.78 is 29.6. The number of ether oxygens (including phenoxy) is 1. The van der Waals surface area contributed by atoms with E-state index in [2.05, 4.69) is 10.1 Å². The fraction of sp³-hybridized carbons (Fsp3) is 0.889. The Morgan fingerprint density at radius 2 is 2.25 bits per heavy atom. The molecule has 1 atom stereocenters. The summed E-state index contributed by atoms with van der Waals surface area (Å²) in [6.07, 6.45) is 0. The van der Waals surface area contributed by atoms with Crippen molar-refractivity contribution in [3.05, 3.63) is 0 Å². The van der Waals surface area contributed by atoms with Crippen LogP contribution in [0, 0.1) is 0 Å². The van der Waals surface area contributed by atoms with Gasteiger partial charge in [-0.1, -0.05) is 0 Å². The zero-order chi connectivity index (χ0) is 12.2. The fourth-order valence-corrected chi connectivity index (χ4v) is 2.98. The van der Waals surface area contributed by atoms with Gasteiger partial charge < -0.3 is 10.1 Å². The predicted octanol–water partition coefficient (Wildman–Crippen LogP) is -0.827. The van der Waals surface area contributed by atoms with Crippen LogP contribution in [-0.4, -0.2) is 56.7 Å². The van der Waals surface area contributed by atoms with E-state index in [0.29, 0.717) is 19.6 Å². The van der Waals surface area contributed by atoms with Gasteiger partial charge in [-0.3, -0.25) is 4.79 Å². The molecule has 0 aromatic heterocycles. The van der Waals surface area contributed by atoms with Gasteiger partial charge in [0.2, 0.25) is 10.0 Å². The molecule has 1 aliphatic heterocycles. The van der Waals surface area contributed by atoms with Crippen molar-refractivity contribution >= 4 is 16.0 Å². The molecule has 0 spiro atoms. The highest BCUT2D eigenvalue weighted by molar-refractivity contribution is 7.89. The van der Waals surface area contributed by atoms with Crippen LogP contribution in [0.5, 0.6) is 0 Å². The van der Waals surface area contributed by atoms with Crippen LogP contribution in [0.4, 0.5) is 0 Å². The summed E-state index contributed by atoms with van der Waals surface area (Å²) in [6.45, 7) is 5.19. The minimum absolute atomic E-state index is 0.116. The average Bonchev–Trinajstić information content (AvgIpc) is 2.17. The topological polar surface area (TPSA) is 75.7 Å². The number of esters is 1. The first kappa shape index (κ1) is 13.4. The van der Waals surface area contributed by atoms with Crippen LogP contribution in [0.2, 0.25) is 0 Å². The van der Waals surface area contributed by atoms with Crippen molar-refractivity contribution in [1.82, 2.24) is 9.62 Å². The molecule has 0 aliphatic carbocycles. The molecule has 0 saturated carbocycles. The normalized spacial score (nSPS) is 23.0. The summed E-state index contributed by atoms with van der Waals surface area (Å²) in [5, 5.41) is 3.14. The van der Waals surface area contributed by atoms with Crippen LogP contribution in [0.3, 0.4) is 0 Å². The summed E-state index contributed by atoms with van der Waals surface area (Å²) in [6, 6.07) is 0.116. The summed E-state index contributed by atoms with van der Waals surface area (Å²) in [4.78, 5) is 11.1. The van der Waals surface area contributed by atoms with Crippen molar-refractivity contribution in [2.45, 2.75) is 19.9 Å². The zero-order valence-corrected chi connectivity index (χ0v) is 10.4. The average molecular weight is 250 g/mol. The van der Waals surface area contributed by atoms with Gasteiger partial charge in [-0.25, -0.2) is 8.42 Å². The molecule has 94 valence electrons. The lowest BCUT2D eigenvalue weighted by atomic mass is 10.3. The molecule has 1 N–H and O–H groups in total. The summed E-state index contributed by atoms with van der Waals surface area (Å²) in [5.74, 6) is -1.25. The van der Waals surface area contributed by atoms with E-state index < -0.39 is 21.7 Å². The minimum Gasteiger partial charge on any atom is -0.465 e. The van der Waals surface area contributed by atoms with Gasteiger partial charge in [0.15, 0.2) is 5.75 Å². The smallest absolute Gasteiger partial charge is 0.322 e. The molecule has 16 heavy (non-hydrogen) atoms. The molecular weight excluding hydrogens is 232 g/mol. The maximum absolute atomic E-state index is 11.8. The molecule has 1 fully saturated rings. The van der Waals surface area contributed by atoms with Gasteiger partial charge in [-0.15, -0.1) is 0 Å². The molecule has 7 heteroatoms. The van der Waals surface area contributed by atoms with Gasteiger partial charge in [0.1, 0.15) is 0 Å². The van der Waals surface area contributed by atoms with Crippen LogP contribution in [0.15, 0.2) is 0 Å². The number of rotatable bonds is 4. The minimum atomic E-state index is -3.52. The first-order chi connectivity index (χ1) is 7.45. The number of nitrogens with zero attached hydrogens (tertiary/aromatic N) is 1. The molecule has 1 saturated heterocycles. The molecular formula is C9H18N2O4S. The Balaban J connectivity index is 2.59. The van der Waals surface area contributed by atoms with Gasteiger partial charge in [0.05, 0.1) is 6.61 Å². The number of hydrogen-bond donors (Lipinski definition) is 1. The Morgan fingerprint density at radius 3 is 2.81 bits per heavy atom. The van der Waals surface area contributed by atoms with Crippen molar-refractivity contribution in [3.63, 3.8) is 0 Å². The van der Waals surface area contributed by atoms with Crippen LogP contribution in [-0.2, 0) is 19.6 Å². The van der Waals surface area contributed by atoms with E-state index >= 15 is 0 Å². The second-order valence-electron chi connectivity index (χ2n) is 3.77. The van der Waals surface area contributed by atoms with Crippen LogP contribution in [0.1, 0.15) is 13.8 Å². The van der Waals surface area contributed by atoms with E-state index in [1.54, 1.807) is 6.92 Å². The number of sulfonamides is 1. The molecule has 0 unspecified atom stereocenters. The molecule has 0 amide bonds. The summed E-state index contributed by atoms with van der Waals surface area (Å²) in [7, 11) is -3.52. The van der Waals surface area contributed by atoms with E-state index in [0.717, 1.165) is 0 Å². The van der Waals surface area contributed by atoms with Crippen molar-refractivity contribution in [1.29, 1.82) is 0 Å². The Morgan fingerprint density at radius 1 is 1.56 bits per heavy atom. The monoisotopic (exact) mass is 250 g/mol. The second-order valence-corrected chi connectivity index (χ2v) is 5.74. The molecule has 0 bridgehead atoms. The highest BCUT2D eigenvalue weighted by Gasteiger charge is 2.29. The van der Waals surface area contributed by atoms with Gasteiger partial charge in [0.25, 0.3) is 0 Å². The third-order valence-corrected chi connectivity index (χ3v) is 4.05. The number of carbonyl (C=O) groups excluding carboxylic acids is 1. The van der Waals surface area contributed by atoms with Crippen LogP contribution >= 0.6 is 0 Å². The van der Waals surface area contributed by atoms with E-state index in [1.807, 2.05) is 6.92 Å². The molecule has 1 aliphatic rings. The quantitative estimate of drug-likeness (QED) is 0.659. The number of piperazine rings is 1. The van der Waals surface area contributed by atoms with Crippen molar-refractivity contribution in [2.24, 2.45) is 0 Å². The molecule has 0 aromatic carbocycles. The van der Waals surface area contributed by atoms with E-state index in [9.17, 15) is 13.2 Å². The highest BCUT2D eigenvalue weighted by atomic mass is 32.2. The highest BCUT2D eigenvalue weighted by Crippen LogP contribution is 2.07. The van der Waals surface area contributed by atoms with Gasteiger partial charge >= 0.3 is 5.97 Å². The maximum Gasteiger partial charge on any atom is 0.322 e. The number of carbonyl (C=O) groups is 1. The molecule has 0 radical (unpaired) electrons. The maximum atomic E-state index is 11.8. The van der Waals surface area contributed by atoms with Crippen LogP contribution in [0.25, 0.3) is 0 Å². The lowest BCUT2D eigenvalue weighted by Crippen LogP contribution is -2.52. The molecule has 0 aromatic rings. The Kier molecular flexibility index (Phi) is 4.69. The molecule has 1 heterocycles. The largest absolute Gasteiger partial charge is 0.465 e. The summed E-state index contributed by atoms with van der Waals surface area (Å²) in [5.41, 5.74) is 0. The lowest BCUT2D eigenvalue weighted by Gasteiger charge is -2.30. The number of nitrogens with one attached hydrogen (secondary N) is 1. The third kappa shape index (κ3) is 3.73. The second kappa shape index (κ2) is 5.60. The SMILES string of the molecule is CCOC(=O)CS(=O)(=O)N1CCN[C@H](C)C1. The van der Waals surface area contributed by atoms with Crippen LogP contribution < -0.4 is 5.32 Å². The van der Waals surface area contributed by atoms with Gasteiger partial charge in [-0.2, -0.15) is 4.31 Å². The first-order valence-electron chi connectivity index (χ1n) is 5.32. The summed E-state index contributed by atoms with van der Waals surface area (Å²) >= 11 is 0. The molecule has 6 nitrogen and oxygen atoms in total. The third-order valence-electron chi connectivity index (χ3n) is 2.33. The van der Waals surface area contributed by atoms with Gasteiger partial charge in [0, 0.05) is 25.7 Å². The van der Waals surface area contributed by atoms with E-state index in [1.165, 1.54) is 4.31 Å². The Hall–Kier alpha value is -0.660. The fourth-order valence-electron chi connectivity index (χ4n) is 1.59. The lowest BCUT2D eigenvalue weighted by molar-refractivity contribution is -0.140. The Labute approximate surface area is 96.0 Å². The van der Waals surface area contributed by atoms with E-state index in [4.69, 9.17) is 0 Å². The van der Waals surface area contributed by atoms with Crippen molar-refractivity contribution in [2.75, 3.05) is 32.0 Å². The van der Waals surface area contributed by atoms with Crippen molar-refractivity contribution in [3.8, 4) is 0 Å². The Bertz CT molecular complexity index is 341. The van der Waals surface area contributed by atoms with Crippen molar-refractivity contribution < 1.29 is 17.9 Å². The van der Waals surface area contributed by atoms with Gasteiger partial charge in [-0.05, 0) is 13.8 Å². The number of hydrogen-bond acceptors (Lipinski definition) is 5. The predicted molar refractivity (Wildman–Crippen MR) is 59.5 cm³/mol. The molecule has 1 rings (SSSR count).